The van der Waals surface area contributed by atoms with E-state index < -0.39 is 9.84 Å². The number of nitrogens with one attached hydrogen (secondary N) is 1. The summed E-state index contributed by atoms with van der Waals surface area (Å²) in [6.07, 6.45) is 4.28. The van der Waals surface area contributed by atoms with E-state index in [4.69, 9.17) is 5.11 Å². The third-order valence-corrected chi connectivity index (χ3v) is 5.85. The second-order valence-electron chi connectivity index (χ2n) is 5.38. The van der Waals surface area contributed by atoms with Crippen molar-refractivity contribution in [3.8, 4) is 0 Å². The number of hydrogen-bond acceptors (Lipinski definition) is 4. The first kappa shape index (κ1) is 15.3. The molecule has 0 amide bonds. The molecule has 0 aliphatic heterocycles. The molecule has 20 heavy (non-hydrogen) atoms. The van der Waals surface area contributed by atoms with E-state index in [1.54, 1.807) is 19.1 Å². The first-order valence-corrected chi connectivity index (χ1v) is 8.92. The van der Waals surface area contributed by atoms with Gasteiger partial charge in [-0.3, -0.25) is 0 Å². The van der Waals surface area contributed by atoms with Gasteiger partial charge in [0.15, 0.2) is 9.84 Å². The van der Waals surface area contributed by atoms with Crippen LogP contribution in [0.5, 0.6) is 0 Å². The first-order valence-electron chi connectivity index (χ1n) is 7.27. The summed E-state index contributed by atoms with van der Waals surface area (Å²) in [6, 6.07) is 7.37. The molecule has 0 heterocycles. The Morgan fingerprint density at radius 2 is 1.95 bits per heavy atom. The van der Waals surface area contributed by atoms with E-state index in [0.29, 0.717) is 16.9 Å². The van der Waals surface area contributed by atoms with Crippen molar-refractivity contribution in [2.75, 3.05) is 17.7 Å². The third-order valence-electron chi connectivity index (χ3n) is 4.10. The van der Waals surface area contributed by atoms with Crippen LogP contribution in [-0.4, -0.2) is 31.9 Å². The monoisotopic (exact) mass is 297 g/mol. The Bertz CT molecular complexity index is 525. The average Bonchev–Trinajstić information content (AvgIpc) is 2.87. The van der Waals surface area contributed by atoms with E-state index in [2.05, 4.69) is 5.32 Å². The van der Waals surface area contributed by atoms with E-state index in [9.17, 15) is 8.42 Å². The number of rotatable bonds is 6. The lowest BCUT2D eigenvalue weighted by Gasteiger charge is -2.21. The molecule has 0 unspecified atom stereocenters. The second-order valence-corrected chi connectivity index (χ2v) is 7.66. The van der Waals surface area contributed by atoms with Gasteiger partial charge in [-0.1, -0.05) is 13.3 Å². The molecule has 2 atom stereocenters. The van der Waals surface area contributed by atoms with Gasteiger partial charge in [-0.25, -0.2) is 8.42 Å². The zero-order chi connectivity index (χ0) is 14.6. The Labute approximate surface area is 121 Å². The highest BCUT2D eigenvalue weighted by molar-refractivity contribution is 7.91. The summed E-state index contributed by atoms with van der Waals surface area (Å²) in [4.78, 5) is 0.379. The largest absolute Gasteiger partial charge is 0.396 e. The van der Waals surface area contributed by atoms with E-state index in [-0.39, 0.29) is 12.4 Å². The number of aliphatic hydroxyl groups is 1. The smallest absolute Gasteiger partial charge is 0.178 e. The quantitative estimate of drug-likeness (QED) is 0.846. The lowest BCUT2D eigenvalue weighted by molar-refractivity contribution is 0.254. The molecule has 5 heteroatoms. The fraction of sp³-hybridized carbons (Fsp3) is 0.600. The van der Waals surface area contributed by atoms with E-state index in [1.165, 1.54) is 6.42 Å². The van der Waals surface area contributed by atoms with Crippen LogP contribution in [-0.2, 0) is 9.84 Å². The summed E-state index contributed by atoms with van der Waals surface area (Å²) in [5.41, 5.74) is 0.954. The highest BCUT2D eigenvalue weighted by Crippen LogP contribution is 2.31. The minimum atomic E-state index is -3.12. The van der Waals surface area contributed by atoms with Gasteiger partial charge in [0.05, 0.1) is 10.6 Å². The maximum atomic E-state index is 11.7. The molecule has 0 bridgehead atoms. The van der Waals surface area contributed by atoms with Gasteiger partial charge in [0.1, 0.15) is 0 Å². The Morgan fingerprint density at radius 1 is 1.25 bits per heavy atom. The van der Waals surface area contributed by atoms with E-state index in [1.807, 2.05) is 12.1 Å². The highest BCUT2D eigenvalue weighted by atomic mass is 32.2. The molecule has 2 N–H and O–H groups in total. The maximum absolute atomic E-state index is 11.7. The molecule has 1 saturated carbocycles. The Hall–Kier alpha value is -1.07. The predicted octanol–water partition coefficient (Wildman–Crippen LogP) is 2.44. The molecule has 0 saturated heterocycles. The molecule has 4 nitrogen and oxygen atoms in total. The molecule has 112 valence electrons. The molecular weight excluding hydrogens is 274 g/mol. The van der Waals surface area contributed by atoms with Crippen LogP contribution in [0.4, 0.5) is 5.69 Å². The van der Waals surface area contributed by atoms with Crippen molar-refractivity contribution in [2.45, 2.75) is 43.5 Å². The Balaban J connectivity index is 2.04. The van der Waals surface area contributed by atoms with Gasteiger partial charge in [-0.15, -0.1) is 0 Å². The summed E-state index contributed by atoms with van der Waals surface area (Å²) in [6.45, 7) is 1.88. The fourth-order valence-corrected chi connectivity index (χ4v) is 3.76. The van der Waals surface area contributed by atoms with Crippen LogP contribution in [0.25, 0.3) is 0 Å². The van der Waals surface area contributed by atoms with Gasteiger partial charge in [0.2, 0.25) is 0 Å². The van der Waals surface area contributed by atoms with Crippen molar-refractivity contribution in [3.05, 3.63) is 24.3 Å². The van der Waals surface area contributed by atoms with Crippen LogP contribution in [0, 0.1) is 5.92 Å². The molecular formula is C15H23NO3S. The average molecular weight is 297 g/mol. The fourth-order valence-electron chi connectivity index (χ4n) is 2.88. The van der Waals surface area contributed by atoms with Gasteiger partial charge in [0.25, 0.3) is 0 Å². The van der Waals surface area contributed by atoms with Gasteiger partial charge >= 0.3 is 0 Å². The van der Waals surface area contributed by atoms with Crippen molar-refractivity contribution in [3.63, 3.8) is 0 Å². The molecule has 1 fully saturated rings. The van der Waals surface area contributed by atoms with Gasteiger partial charge in [-0.05, 0) is 49.4 Å². The minimum Gasteiger partial charge on any atom is -0.396 e. The number of benzene rings is 1. The summed E-state index contributed by atoms with van der Waals surface area (Å²) in [7, 11) is -3.12. The molecule has 2 rings (SSSR count). The van der Waals surface area contributed by atoms with Crippen LogP contribution in [0.2, 0.25) is 0 Å². The second kappa shape index (κ2) is 6.59. The Kier molecular flexibility index (Phi) is 5.05. The molecule has 1 aliphatic carbocycles. The molecule has 0 spiro atoms. The van der Waals surface area contributed by atoms with Crippen LogP contribution < -0.4 is 5.32 Å². The van der Waals surface area contributed by atoms with Crippen molar-refractivity contribution in [1.82, 2.24) is 0 Å². The van der Waals surface area contributed by atoms with Crippen LogP contribution in [0.3, 0.4) is 0 Å². The zero-order valence-corrected chi connectivity index (χ0v) is 12.7. The SMILES string of the molecule is CCS(=O)(=O)c1ccc(N[C@H]2CCC[C@H]2CCO)cc1. The Morgan fingerprint density at radius 3 is 2.55 bits per heavy atom. The molecule has 0 radical (unpaired) electrons. The lowest BCUT2D eigenvalue weighted by atomic mass is 10.00. The number of aliphatic hydroxyl groups excluding tert-OH is 1. The minimum absolute atomic E-state index is 0.126. The van der Waals surface area contributed by atoms with Crippen LogP contribution in [0.15, 0.2) is 29.2 Å². The number of hydrogen-bond donors (Lipinski definition) is 2. The summed E-state index contributed by atoms with van der Waals surface area (Å²) in [5, 5.41) is 12.5. The lowest BCUT2D eigenvalue weighted by Crippen LogP contribution is -2.24. The summed E-state index contributed by atoms with van der Waals surface area (Å²) >= 11 is 0. The highest BCUT2D eigenvalue weighted by Gasteiger charge is 2.26. The van der Waals surface area contributed by atoms with Crippen LogP contribution in [0.1, 0.15) is 32.6 Å². The predicted molar refractivity (Wildman–Crippen MR) is 80.6 cm³/mol. The maximum Gasteiger partial charge on any atom is 0.178 e. The third kappa shape index (κ3) is 3.52. The van der Waals surface area contributed by atoms with E-state index >= 15 is 0 Å². The van der Waals surface area contributed by atoms with Crippen LogP contribution >= 0.6 is 0 Å². The molecule has 0 aromatic heterocycles. The molecule has 1 aliphatic rings. The van der Waals surface area contributed by atoms with Gasteiger partial charge in [-0.2, -0.15) is 0 Å². The van der Waals surface area contributed by atoms with E-state index in [0.717, 1.165) is 24.9 Å². The van der Waals surface area contributed by atoms with Crippen molar-refractivity contribution in [2.24, 2.45) is 5.92 Å². The standard InChI is InChI=1S/C15H23NO3S/c1-2-20(18,19)14-8-6-13(7-9-14)16-15-5-3-4-12(15)10-11-17/h6-9,12,15-17H,2-5,10-11H2,1H3/t12-,15-/m0/s1. The summed E-state index contributed by atoms with van der Waals surface area (Å²) in [5.74, 6) is 0.639. The number of anilines is 1. The molecule has 1 aromatic carbocycles. The first-order chi connectivity index (χ1) is 9.56. The normalized spacial score (nSPS) is 22.9. The van der Waals surface area contributed by atoms with Crippen molar-refractivity contribution in [1.29, 1.82) is 0 Å². The summed E-state index contributed by atoms with van der Waals surface area (Å²) < 4.78 is 23.5. The van der Waals surface area contributed by atoms with Gasteiger partial charge < -0.3 is 10.4 Å². The number of sulfone groups is 1. The van der Waals surface area contributed by atoms with Crippen molar-refractivity contribution < 1.29 is 13.5 Å². The van der Waals surface area contributed by atoms with Crippen molar-refractivity contribution >= 4 is 15.5 Å². The van der Waals surface area contributed by atoms with Gasteiger partial charge in [0, 0.05) is 18.3 Å². The zero-order valence-electron chi connectivity index (χ0n) is 11.9. The topological polar surface area (TPSA) is 66.4 Å². The molecule has 1 aromatic rings.